The first-order valence-electron chi connectivity index (χ1n) is 10.5. The third kappa shape index (κ3) is 5.06. The molecule has 3 aromatic carbocycles. The Bertz CT molecular complexity index is 1400. The number of nitrogens with one attached hydrogen (secondary N) is 1. The van der Waals surface area contributed by atoms with Gasteiger partial charge in [0.25, 0.3) is 0 Å². The van der Waals surface area contributed by atoms with E-state index in [2.05, 4.69) is 10.3 Å². The van der Waals surface area contributed by atoms with Gasteiger partial charge in [-0.25, -0.2) is 8.42 Å². The fourth-order valence-electron chi connectivity index (χ4n) is 3.43. The lowest BCUT2D eigenvalue weighted by atomic mass is 10.2. The summed E-state index contributed by atoms with van der Waals surface area (Å²) in [4.78, 5) is 4.40. The zero-order valence-corrected chi connectivity index (χ0v) is 20.8. The number of nitrogens with zero attached hydrogens (tertiary/aromatic N) is 1. The smallest absolute Gasteiger partial charge is 0.234 e. The first-order chi connectivity index (χ1) is 16.9. The predicted octanol–water partition coefficient (Wildman–Crippen LogP) is 5.47. The molecule has 4 rings (SSSR count). The number of hydrogen-bond donors (Lipinski definition) is 1. The molecule has 0 amide bonds. The molecule has 0 aliphatic rings. The highest BCUT2D eigenvalue weighted by atomic mass is 35.5. The lowest BCUT2D eigenvalue weighted by Gasteiger charge is -2.12. The number of aromatic nitrogens is 1. The summed E-state index contributed by atoms with van der Waals surface area (Å²) in [6.45, 7) is 0.327. The Hall–Kier alpha value is -3.69. The van der Waals surface area contributed by atoms with Gasteiger partial charge in [0.1, 0.15) is 0 Å². The zero-order chi connectivity index (χ0) is 25.0. The molecule has 0 spiro atoms. The summed E-state index contributed by atoms with van der Waals surface area (Å²) in [6.07, 6.45) is 0. The fourth-order valence-corrected chi connectivity index (χ4v) is 4.84. The summed E-state index contributed by atoms with van der Waals surface area (Å²) in [6, 6.07) is 18.6. The van der Waals surface area contributed by atoms with Crippen molar-refractivity contribution in [2.24, 2.45) is 0 Å². The van der Waals surface area contributed by atoms with Gasteiger partial charge in [-0.3, -0.25) is 0 Å². The molecule has 0 fully saturated rings. The van der Waals surface area contributed by atoms with E-state index >= 15 is 0 Å². The van der Waals surface area contributed by atoms with Gasteiger partial charge in [0.2, 0.25) is 32.4 Å². The maximum atomic E-state index is 13.5. The van der Waals surface area contributed by atoms with E-state index < -0.39 is 9.84 Å². The molecule has 0 aliphatic heterocycles. The van der Waals surface area contributed by atoms with Crippen LogP contribution in [0.1, 0.15) is 5.56 Å². The third-order valence-electron chi connectivity index (χ3n) is 5.18. The number of anilines is 1. The Morgan fingerprint density at radius 1 is 0.914 bits per heavy atom. The monoisotopic (exact) mass is 514 g/mol. The molecule has 1 aromatic heterocycles. The van der Waals surface area contributed by atoms with Crippen LogP contribution in [-0.2, 0) is 16.4 Å². The van der Waals surface area contributed by atoms with Crippen LogP contribution in [0.25, 0.3) is 11.5 Å². The van der Waals surface area contributed by atoms with E-state index in [1.54, 1.807) is 12.1 Å². The number of halogens is 1. The van der Waals surface area contributed by atoms with Crippen molar-refractivity contribution in [2.75, 3.05) is 26.6 Å². The standard InChI is InChI=1S/C25H23ClN2O6S/c1-31-20-13-17(14-21(32-2)22(20)33-3)23-28-25(35(29,30)19-11-9-18(26)10-12-19)24(34-23)27-15-16-7-5-4-6-8-16/h4-14,27H,15H2,1-3H3. The summed E-state index contributed by atoms with van der Waals surface area (Å²) in [7, 11) is 0.430. The highest BCUT2D eigenvalue weighted by Crippen LogP contribution is 2.42. The molecule has 8 nitrogen and oxygen atoms in total. The van der Waals surface area contributed by atoms with Gasteiger partial charge in [-0.05, 0) is 42.0 Å². The highest BCUT2D eigenvalue weighted by Gasteiger charge is 2.29. The molecule has 0 radical (unpaired) electrons. The lowest BCUT2D eigenvalue weighted by molar-refractivity contribution is 0.324. The quantitative estimate of drug-likeness (QED) is 0.314. The molecule has 1 N–H and O–H groups in total. The summed E-state index contributed by atoms with van der Waals surface area (Å²) < 4.78 is 49.1. The van der Waals surface area contributed by atoms with Gasteiger partial charge >= 0.3 is 0 Å². The number of hydrogen-bond acceptors (Lipinski definition) is 8. The van der Waals surface area contributed by atoms with E-state index in [-0.39, 0.29) is 21.7 Å². The van der Waals surface area contributed by atoms with Gasteiger partial charge in [-0.2, -0.15) is 4.98 Å². The topological polar surface area (TPSA) is 99.9 Å². The summed E-state index contributed by atoms with van der Waals surface area (Å²) >= 11 is 5.95. The van der Waals surface area contributed by atoms with Gasteiger partial charge in [-0.1, -0.05) is 41.9 Å². The minimum Gasteiger partial charge on any atom is -0.493 e. The molecule has 1 heterocycles. The van der Waals surface area contributed by atoms with Gasteiger partial charge in [0.05, 0.1) is 26.2 Å². The molecular weight excluding hydrogens is 492 g/mol. The molecule has 0 saturated heterocycles. The second-order valence-corrected chi connectivity index (χ2v) is 9.67. The van der Waals surface area contributed by atoms with Crippen molar-refractivity contribution in [1.29, 1.82) is 0 Å². The van der Waals surface area contributed by atoms with Gasteiger partial charge < -0.3 is 23.9 Å². The first kappa shape index (κ1) is 24.4. The number of oxazole rings is 1. The number of sulfone groups is 1. The van der Waals surface area contributed by atoms with Crippen LogP contribution in [0.15, 0.2) is 81.1 Å². The summed E-state index contributed by atoms with van der Waals surface area (Å²) in [5.74, 6) is 1.21. The van der Waals surface area contributed by atoms with Gasteiger partial charge in [-0.15, -0.1) is 0 Å². The highest BCUT2D eigenvalue weighted by molar-refractivity contribution is 7.91. The SMILES string of the molecule is COc1cc(-c2nc(S(=O)(=O)c3ccc(Cl)cc3)c(NCc3ccccc3)o2)cc(OC)c1OC. The maximum absolute atomic E-state index is 13.5. The molecule has 182 valence electrons. The van der Waals surface area contributed by atoms with Crippen LogP contribution in [0.4, 0.5) is 5.88 Å². The van der Waals surface area contributed by atoms with Crippen molar-refractivity contribution in [3.8, 4) is 28.7 Å². The maximum Gasteiger partial charge on any atom is 0.234 e. The second-order valence-electron chi connectivity index (χ2n) is 7.36. The van der Waals surface area contributed by atoms with E-state index in [1.807, 2.05) is 30.3 Å². The molecular formula is C25H23ClN2O6S. The molecule has 10 heteroatoms. The molecule has 0 atom stereocenters. The average molecular weight is 515 g/mol. The van der Waals surface area contributed by atoms with Crippen LogP contribution in [-0.4, -0.2) is 34.7 Å². The van der Waals surface area contributed by atoms with E-state index in [9.17, 15) is 8.42 Å². The van der Waals surface area contributed by atoms with Crippen LogP contribution in [0.2, 0.25) is 5.02 Å². The van der Waals surface area contributed by atoms with E-state index in [0.717, 1.165) is 5.56 Å². The van der Waals surface area contributed by atoms with Crippen molar-refractivity contribution in [2.45, 2.75) is 16.5 Å². The van der Waals surface area contributed by atoms with Crippen LogP contribution in [0, 0.1) is 0 Å². The van der Waals surface area contributed by atoms with Crippen LogP contribution >= 0.6 is 11.6 Å². The summed E-state index contributed by atoms with van der Waals surface area (Å²) in [5.41, 5.74) is 1.38. The normalized spacial score (nSPS) is 11.2. The number of ether oxygens (including phenoxy) is 3. The Morgan fingerprint density at radius 2 is 1.54 bits per heavy atom. The minimum absolute atomic E-state index is 0.00700. The largest absolute Gasteiger partial charge is 0.493 e. The van der Waals surface area contributed by atoms with Crippen molar-refractivity contribution in [3.05, 3.63) is 77.3 Å². The Labute approximate surface area is 208 Å². The van der Waals surface area contributed by atoms with Crippen LogP contribution in [0.5, 0.6) is 17.2 Å². The lowest BCUT2D eigenvalue weighted by Crippen LogP contribution is -2.07. The molecule has 0 saturated carbocycles. The molecule has 0 aliphatic carbocycles. The summed E-state index contributed by atoms with van der Waals surface area (Å²) in [5, 5.41) is 3.24. The van der Waals surface area contributed by atoms with E-state index in [1.165, 1.54) is 45.6 Å². The van der Waals surface area contributed by atoms with Gasteiger partial charge in [0, 0.05) is 17.1 Å². The Balaban J connectivity index is 1.83. The van der Waals surface area contributed by atoms with Crippen LogP contribution < -0.4 is 19.5 Å². The van der Waals surface area contributed by atoms with E-state index in [4.69, 9.17) is 30.2 Å². The molecule has 35 heavy (non-hydrogen) atoms. The third-order valence-corrected chi connectivity index (χ3v) is 7.11. The first-order valence-corrected chi connectivity index (χ1v) is 12.3. The number of benzene rings is 3. The van der Waals surface area contributed by atoms with Crippen molar-refractivity contribution in [3.63, 3.8) is 0 Å². The van der Waals surface area contributed by atoms with Gasteiger partial charge in [0.15, 0.2) is 11.5 Å². The van der Waals surface area contributed by atoms with Crippen LogP contribution in [0.3, 0.4) is 0 Å². The van der Waals surface area contributed by atoms with Crippen molar-refractivity contribution in [1.82, 2.24) is 4.98 Å². The molecule has 4 aromatic rings. The van der Waals surface area contributed by atoms with Crippen molar-refractivity contribution >= 4 is 27.3 Å². The molecule has 0 bridgehead atoms. The number of rotatable bonds is 9. The Kier molecular flexibility index (Phi) is 7.18. The molecule has 0 unspecified atom stereocenters. The average Bonchev–Trinajstić information content (AvgIpc) is 3.32. The fraction of sp³-hybridized carbons (Fsp3) is 0.160. The predicted molar refractivity (Wildman–Crippen MR) is 132 cm³/mol. The number of methoxy groups -OCH3 is 3. The minimum atomic E-state index is -4.04. The Morgan fingerprint density at radius 3 is 2.11 bits per heavy atom. The van der Waals surface area contributed by atoms with E-state index in [0.29, 0.717) is 34.4 Å². The van der Waals surface area contributed by atoms with Crippen molar-refractivity contribution < 1.29 is 27.0 Å². The second kappa shape index (κ2) is 10.3. The zero-order valence-electron chi connectivity index (χ0n) is 19.2.